The molecule has 2 unspecified atom stereocenters. The van der Waals surface area contributed by atoms with Crippen LogP contribution in [0.3, 0.4) is 0 Å². The molecule has 2 atom stereocenters. The number of fused-ring (bicyclic) bond motifs is 2. The van der Waals surface area contributed by atoms with Crippen molar-refractivity contribution >= 4 is 28.8 Å². The number of allylic oxidation sites excluding steroid dienone is 1. The van der Waals surface area contributed by atoms with E-state index in [1.54, 1.807) is 6.07 Å². The van der Waals surface area contributed by atoms with Gasteiger partial charge in [0.2, 0.25) is 0 Å². The first kappa shape index (κ1) is 23.9. The fraction of sp³-hybridized carbons (Fsp3) is 0.310. The average molecular weight is 533 g/mol. The zero-order valence-electron chi connectivity index (χ0n) is 20.6. The molecule has 4 aromatic rings. The third-order valence-electron chi connectivity index (χ3n) is 8.05. The van der Waals surface area contributed by atoms with E-state index >= 15 is 0 Å². The van der Waals surface area contributed by atoms with E-state index in [0.717, 1.165) is 37.7 Å². The lowest BCUT2D eigenvalue weighted by molar-refractivity contribution is -0.137. The van der Waals surface area contributed by atoms with Crippen LogP contribution in [0.4, 0.5) is 18.9 Å². The van der Waals surface area contributed by atoms with E-state index in [9.17, 15) is 23.1 Å². The lowest BCUT2D eigenvalue weighted by Crippen LogP contribution is -2.23. The fourth-order valence-corrected chi connectivity index (χ4v) is 5.82. The van der Waals surface area contributed by atoms with Crippen LogP contribution < -0.4 is 4.90 Å². The van der Waals surface area contributed by atoms with E-state index < -0.39 is 17.7 Å². The van der Waals surface area contributed by atoms with Crippen LogP contribution in [0.15, 0.2) is 59.3 Å². The largest absolute Gasteiger partial charge is 0.476 e. The normalized spacial score (nSPS) is 22.5. The summed E-state index contributed by atoms with van der Waals surface area (Å²) in [6.45, 7) is 1.67. The van der Waals surface area contributed by atoms with Gasteiger partial charge in [0.1, 0.15) is 11.5 Å². The van der Waals surface area contributed by atoms with Gasteiger partial charge in [-0.25, -0.2) is 9.78 Å². The van der Waals surface area contributed by atoms with Gasteiger partial charge < -0.3 is 14.5 Å². The molecule has 198 valence electrons. The second-order valence-electron chi connectivity index (χ2n) is 10.5. The summed E-state index contributed by atoms with van der Waals surface area (Å²) in [4.78, 5) is 21.9. The van der Waals surface area contributed by atoms with Gasteiger partial charge in [-0.05, 0) is 54.9 Å². The van der Waals surface area contributed by atoms with Crippen molar-refractivity contribution in [3.8, 4) is 11.3 Å². The number of carbonyl (C=O) groups is 1. The lowest BCUT2D eigenvalue weighted by atomic mass is 9.98. The van der Waals surface area contributed by atoms with Gasteiger partial charge in [0.05, 0.1) is 22.8 Å². The van der Waals surface area contributed by atoms with Crippen LogP contribution >= 0.6 is 0 Å². The van der Waals surface area contributed by atoms with Crippen LogP contribution in [-0.4, -0.2) is 39.3 Å². The fourth-order valence-electron chi connectivity index (χ4n) is 5.82. The molecule has 7 nitrogen and oxygen atoms in total. The van der Waals surface area contributed by atoms with Gasteiger partial charge in [0.25, 0.3) is 0 Å². The minimum atomic E-state index is -4.49. The standard InChI is InChI=1S/C29H23F3N4O3/c30-29(31,32)22-4-2-1-3-18(22)26-19(27(39-35-26)15-5-6-15)9-8-17-20-13-36(14-21(17)20)16-7-10-23-24(11-16)34-25(12-33-23)28(37)38/h1-4,7-12,15,17,20-21H,5-6,13-14H2,(H,37,38)/b9-8+. The molecule has 2 aliphatic carbocycles. The van der Waals surface area contributed by atoms with Gasteiger partial charge in [-0.3, -0.25) is 4.98 Å². The molecule has 1 N–H and O–H groups in total. The molecule has 0 bridgehead atoms. The zero-order valence-corrected chi connectivity index (χ0v) is 20.6. The van der Waals surface area contributed by atoms with E-state index in [-0.39, 0.29) is 22.9 Å². The smallest absolute Gasteiger partial charge is 0.417 e. The van der Waals surface area contributed by atoms with Crippen molar-refractivity contribution in [1.82, 2.24) is 15.1 Å². The molecule has 7 rings (SSSR count). The molecule has 2 aromatic carbocycles. The van der Waals surface area contributed by atoms with E-state index in [1.165, 1.54) is 18.3 Å². The first-order chi connectivity index (χ1) is 18.8. The van der Waals surface area contributed by atoms with Crippen molar-refractivity contribution in [2.45, 2.75) is 24.9 Å². The van der Waals surface area contributed by atoms with E-state index in [0.29, 0.717) is 40.1 Å². The molecular formula is C29H23F3N4O3. The summed E-state index contributed by atoms with van der Waals surface area (Å²) in [5.41, 5.74) is 2.26. The van der Waals surface area contributed by atoms with Gasteiger partial charge in [0.15, 0.2) is 5.69 Å². The summed E-state index contributed by atoms with van der Waals surface area (Å²) >= 11 is 0. The van der Waals surface area contributed by atoms with Crippen LogP contribution in [-0.2, 0) is 6.18 Å². The highest BCUT2D eigenvalue weighted by Crippen LogP contribution is 2.54. The van der Waals surface area contributed by atoms with E-state index in [2.05, 4.69) is 26.1 Å². The lowest BCUT2D eigenvalue weighted by Gasteiger charge is -2.21. The number of aromatic nitrogens is 3. The molecule has 2 saturated carbocycles. The number of halogens is 3. The number of alkyl halides is 3. The Kier molecular flexibility index (Phi) is 5.30. The summed E-state index contributed by atoms with van der Waals surface area (Å²) in [6, 6.07) is 11.2. The summed E-state index contributed by atoms with van der Waals surface area (Å²) < 4.78 is 46.8. The number of hydrogen-bond donors (Lipinski definition) is 1. The molecule has 3 heterocycles. The van der Waals surface area contributed by atoms with Crippen LogP contribution in [0, 0.1) is 17.8 Å². The van der Waals surface area contributed by atoms with Gasteiger partial charge in [0, 0.05) is 35.8 Å². The number of anilines is 1. The maximum absolute atomic E-state index is 13.7. The van der Waals surface area contributed by atoms with Gasteiger partial charge in [-0.1, -0.05) is 35.5 Å². The van der Waals surface area contributed by atoms with Gasteiger partial charge >= 0.3 is 12.1 Å². The van der Waals surface area contributed by atoms with Crippen molar-refractivity contribution in [2.75, 3.05) is 18.0 Å². The van der Waals surface area contributed by atoms with Crippen LogP contribution in [0.25, 0.3) is 28.4 Å². The quantitative estimate of drug-likeness (QED) is 0.313. The van der Waals surface area contributed by atoms with Crippen molar-refractivity contribution in [2.24, 2.45) is 17.8 Å². The Balaban J connectivity index is 1.11. The Morgan fingerprint density at radius 2 is 1.85 bits per heavy atom. The summed E-state index contributed by atoms with van der Waals surface area (Å²) in [5.74, 6) is 0.953. The Bertz CT molecular complexity index is 1630. The Morgan fingerprint density at radius 1 is 1.08 bits per heavy atom. The predicted molar refractivity (Wildman–Crippen MR) is 137 cm³/mol. The molecule has 39 heavy (non-hydrogen) atoms. The molecular weight excluding hydrogens is 509 g/mol. The number of hydrogen-bond acceptors (Lipinski definition) is 6. The van der Waals surface area contributed by atoms with Gasteiger partial charge in [-0.2, -0.15) is 13.2 Å². The van der Waals surface area contributed by atoms with E-state index in [1.807, 2.05) is 24.3 Å². The summed E-state index contributed by atoms with van der Waals surface area (Å²) in [5, 5.41) is 13.3. The minimum Gasteiger partial charge on any atom is -0.476 e. The maximum Gasteiger partial charge on any atom is 0.417 e. The Morgan fingerprint density at radius 3 is 2.56 bits per heavy atom. The number of piperidine rings is 1. The van der Waals surface area contributed by atoms with Crippen molar-refractivity contribution in [3.05, 3.63) is 77.3 Å². The second kappa shape index (κ2) is 8.65. The molecule has 1 saturated heterocycles. The molecule has 0 radical (unpaired) electrons. The second-order valence-corrected chi connectivity index (χ2v) is 10.5. The summed E-state index contributed by atoms with van der Waals surface area (Å²) in [7, 11) is 0. The highest BCUT2D eigenvalue weighted by molar-refractivity contribution is 5.88. The number of nitrogens with zero attached hydrogens (tertiary/aromatic N) is 4. The number of aromatic carboxylic acids is 1. The first-order valence-corrected chi connectivity index (χ1v) is 12.9. The Labute approximate surface area is 221 Å². The zero-order chi connectivity index (χ0) is 26.9. The van der Waals surface area contributed by atoms with Crippen LogP contribution in [0.2, 0.25) is 0 Å². The minimum absolute atomic E-state index is 0.0351. The monoisotopic (exact) mass is 532 g/mol. The summed E-state index contributed by atoms with van der Waals surface area (Å²) in [6.07, 6.45) is 2.68. The number of rotatable bonds is 6. The van der Waals surface area contributed by atoms with Crippen molar-refractivity contribution in [3.63, 3.8) is 0 Å². The molecule has 2 aromatic heterocycles. The Hall–Kier alpha value is -4.21. The molecule has 0 spiro atoms. The first-order valence-electron chi connectivity index (χ1n) is 12.9. The highest BCUT2D eigenvalue weighted by atomic mass is 19.4. The number of carboxylic acid groups (broad SMARTS) is 1. The molecule has 3 fully saturated rings. The number of benzene rings is 2. The van der Waals surface area contributed by atoms with Crippen molar-refractivity contribution < 1.29 is 27.6 Å². The topological polar surface area (TPSA) is 92.3 Å². The highest BCUT2D eigenvalue weighted by Gasteiger charge is 2.54. The van der Waals surface area contributed by atoms with Gasteiger partial charge in [-0.15, -0.1) is 0 Å². The third-order valence-corrected chi connectivity index (χ3v) is 8.05. The third kappa shape index (κ3) is 4.24. The van der Waals surface area contributed by atoms with E-state index in [4.69, 9.17) is 4.52 Å². The SMILES string of the molecule is O=C(O)c1cnc2ccc(N3CC4C(/C=C/c5c(-c6ccccc6C(F)(F)F)noc5C5CC5)C4C3)cc2n1. The average Bonchev–Trinajstić information content (AvgIpc) is 3.78. The van der Waals surface area contributed by atoms with Crippen molar-refractivity contribution in [1.29, 1.82) is 0 Å². The maximum atomic E-state index is 13.7. The molecule has 3 aliphatic rings. The predicted octanol–water partition coefficient (Wildman–Crippen LogP) is 6.27. The molecule has 0 amide bonds. The molecule has 1 aliphatic heterocycles. The van der Waals surface area contributed by atoms with Crippen LogP contribution in [0.1, 0.15) is 46.1 Å². The molecule has 10 heteroatoms. The van der Waals surface area contributed by atoms with Crippen LogP contribution in [0.5, 0.6) is 0 Å². The number of carboxylic acids is 1.